The molecule has 1 amide bonds. The summed E-state index contributed by atoms with van der Waals surface area (Å²) in [4.78, 5) is 16.4. The zero-order valence-electron chi connectivity index (χ0n) is 16.1. The maximum Gasteiger partial charge on any atom is 0.248 e. The molecule has 1 N–H and O–H groups in total. The molecule has 1 aliphatic heterocycles. The Morgan fingerprint density at radius 3 is 2.79 bits per heavy atom. The highest BCUT2D eigenvalue weighted by molar-refractivity contribution is 7.89. The van der Waals surface area contributed by atoms with Gasteiger partial charge in [0, 0.05) is 31.6 Å². The first-order valence-electron chi connectivity index (χ1n) is 9.24. The number of anilines is 1. The van der Waals surface area contributed by atoms with E-state index < -0.39 is 15.9 Å². The Labute approximate surface area is 170 Å². The van der Waals surface area contributed by atoms with Crippen LogP contribution in [0.5, 0.6) is 5.75 Å². The lowest BCUT2D eigenvalue weighted by molar-refractivity contribution is -0.111. The maximum atomic E-state index is 12.9. The number of morpholine rings is 1. The summed E-state index contributed by atoms with van der Waals surface area (Å²) in [5, 5.41) is 2.70. The molecular formula is C20H23N3O5S. The number of carbonyl (C=O) groups is 1. The highest BCUT2D eigenvalue weighted by atomic mass is 32.2. The number of sulfonamides is 1. The number of benzene rings is 1. The van der Waals surface area contributed by atoms with Crippen LogP contribution < -0.4 is 10.1 Å². The van der Waals surface area contributed by atoms with E-state index in [4.69, 9.17) is 9.47 Å². The normalized spacial score (nSPS) is 15.3. The van der Waals surface area contributed by atoms with Gasteiger partial charge in [0.15, 0.2) is 0 Å². The van der Waals surface area contributed by atoms with E-state index in [1.807, 2.05) is 13.0 Å². The van der Waals surface area contributed by atoms with Gasteiger partial charge in [-0.15, -0.1) is 0 Å². The highest BCUT2D eigenvalue weighted by Gasteiger charge is 2.27. The van der Waals surface area contributed by atoms with E-state index >= 15 is 0 Å². The van der Waals surface area contributed by atoms with Crippen LogP contribution in [0, 0.1) is 0 Å². The molecule has 1 saturated heterocycles. The number of amides is 1. The molecule has 9 heteroatoms. The Bertz CT molecular complexity index is 971. The molecule has 1 aromatic heterocycles. The fourth-order valence-electron chi connectivity index (χ4n) is 2.81. The quantitative estimate of drug-likeness (QED) is 0.694. The monoisotopic (exact) mass is 417 g/mol. The number of pyridine rings is 1. The van der Waals surface area contributed by atoms with E-state index in [0.717, 1.165) is 5.56 Å². The zero-order chi connectivity index (χ0) is 20.7. The Morgan fingerprint density at radius 2 is 2.10 bits per heavy atom. The largest absolute Gasteiger partial charge is 0.492 e. The van der Waals surface area contributed by atoms with E-state index in [1.165, 1.54) is 22.5 Å². The van der Waals surface area contributed by atoms with Crippen molar-refractivity contribution in [2.24, 2.45) is 0 Å². The molecule has 0 atom stereocenters. The number of carbonyl (C=O) groups excluding carboxylic acids is 1. The Hall–Kier alpha value is -2.75. The molecule has 0 aliphatic carbocycles. The SMILES string of the molecule is CCOc1ccc(S(=O)(=O)N2CCOCC2)cc1NC(=O)C=Cc1cccnc1. The minimum Gasteiger partial charge on any atom is -0.492 e. The van der Waals surface area contributed by atoms with Gasteiger partial charge in [-0.3, -0.25) is 9.78 Å². The minimum atomic E-state index is -3.69. The molecule has 2 aromatic rings. The lowest BCUT2D eigenvalue weighted by Crippen LogP contribution is -2.40. The third-order valence-electron chi connectivity index (χ3n) is 4.23. The number of aromatic nitrogens is 1. The number of rotatable bonds is 7. The van der Waals surface area contributed by atoms with Gasteiger partial charge in [-0.2, -0.15) is 4.31 Å². The van der Waals surface area contributed by atoms with E-state index in [-0.39, 0.29) is 4.90 Å². The van der Waals surface area contributed by atoms with E-state index in [0.29, 0.717) is 44.3 Å². The van der Waals surface area contributed by atoms with Crippen molar-refractivity contribution in [1.82, 2.24) is 9.29 Å². The van der Waals surface area contributed by atoms with Gasteiger partial charge in [0.1, 0.15) is 5.75 Å². The zero-order valence-corrected chi connectivity index (χ0v) is 16.9. The van der Waals surface area contributed by atoms with Gasteiger partial charge in [0.05, 0.1) is 30.4 Å². The second kappa shape index (κ2) is 9.64. The van der Waals surface area contributed by atoms with E-state index in [2.05, 4.69) is 10.3 Å². The van der Waals surface area contributed by atoms with Gasteiger partial charge in [0.2, 0.25) is 15.9 Å². The number of hydrogen-bond donors (Lipinski definition) is 1. The van der Waals surface area contributed by atoms with Crippen molar-refractivity contribution < 1.29 is 22.7 Å². The average Bonchev–Trinajstić information content (AvgIpc) is 2.75. The summed E-state index contributed by atoms with van der Waals surface area (Å²) in [6.45, 7) is 3.50. The van der Waals surface area contributed by atoms with Crippen molar-refractivity contribution in [3.05, 3.63) is 54.4 Å². The Kier molecular flexibility index (Phi) is 6.97. The first-order chi connectivity index (χ1) is 14.0. The third kappa shape index (κ3) is 5.41. The van der Waals surface area contributed by atoms with Crippen LogP contribution in [-0.4, -0.2) is 56.5 Å². The molecule has 1 fully saturated rings. The van der Waals surface area contributed by atoms with Crippen LogP contribution in [0.25, 0.3) is 6.08 Å². The summed E-state index contributed by atoms with van der Waals surface area (Å²) in [6.07, 6.45) is 6.25. The summed E-state index contributed by atoms with van der Waals surface area (Å²) in [5.41, 5.74) is 1.07. The first kappa shape index (κ1) is 21.0. The Balaban J connectivity index is 1.83. The van der Waals surface area contributed by atoms with Gasteiger partial charge in [0.25, 0.3) is 0 Å². The molecule has 29 heavy (non-hydrogen) atoms. The third-order valence-corrected chi connectivity index (χ3v) is 6.12. The smallest absolute Gasteiger partial charge is 0.248 e. The number of nitrogens with zero attached hydrogens (tertiary/aromatic N) is 2. The topological polar surface area (TPSA) is 97.8 Å². The summed E-state index contributed by atoms with van der Waals surface area (Å²) < 4.78 is 37.9. The van der Waals surface area contributed by atoms with E-state index in [1.54, 1.807) is 30.6 Å². The van der Waals surface area contributed by atoms with E-state index in [9.17, 15) is 13.2 Å². The lowest BCUT2D eigenvalue weighted by Gasteiger charge is -2.26. The minimum absolute atomic E-state index is 0.0920. The van der Waals surface area contributed by atoms with Crippen molar-refractivity contribution in [1.29, 1.82) is 0 Å². The summed E-state index contributed by atoms with van der Waals surface area (Å²) >= 11 is 0. The standard InChI is InChI=1S/C20H23N3O5S/c1-2-28-19-7-6-17(29(25,26)23-10-12-27-13-11-23)14-18(19)22-20(24)8-5-16-4-3-9-21-15-16/h3-9,14-15H,2,10-13H2,1H3,(H,22,24). The molecule has 8 nitrogen and oxygen atoms in total. The van der Waals surface area contributed by atoms with Gasteiger partial charge in [-0.05, 0) is 42.8 Å². The first-order valence-corrected chi connectivity index (χ1v) is 10.7. The molecule has 2 heterocycles. The molecule has 0 radical (unpaired) electrons. The molecule has 0 bridgehead atoms. The van der Waals surface area contributed by atoms with Crippen LogP contribution >= 0.6 is 0 Å². The molecule has 3 rings (SSSR count). The lowest BCUT2D eigenvalue weighted by atomic mass is 10.2. The Morgan fingerprint density at radius 1 is 1.31 bits per heavy atom. The van der Waals surface area contributed by atoms with Crippen molar-refractivity contribution in [2.75, 3.05) is 38.2 Å². The molecule has 154 valence electrons. The number of nitrogens with one attached hydrogen (secondary N) is 1. The predicted octanol–water partition coefficient (Wildman–Crippen LogP) is 2.15. The van der Waals surface area contributed by atoms with Crippen LogP contribution in [0.1, 0.15) is 12.5 Å². The van der Waals surface area contributed by atoms with Gasteiger partial charge in [-0.25, -0.2) is 8.42 Å². The van der Waals surface area contributed by atoms with Crippen molar-refractivity contribution in [3.8, 4) is 5.75 Å². The molecule has 1 aromatic carbocycles. The van der Waals surface area contributed by atoms with Crippen molar-refractivity contribution >= 4 is 27.7 Å². The second-order valence-electron chi connectivity index (χ2n) is 6.22. The number of hydrogen-bond acceptors (Lipinski definition) is 6. The molecule has 1 aliphatic rings. The van der Waals surface area contributed by atoms with Crippen LogP contribution in [-0.2, 0) is 19.6 Å². The summed E-state index contributed by atoms with van der Waals surface area (Å²) in [6, 6.07) is 8.04. The molecule has 0 spiro atoms. The molecule has 0 unspecified atom stereocenters. The number of ether oxygens (including phenoxy) is 2. The highest BCUT2D eigenvalue weighted by Crippen LogP contribution is 2.29. The van der Waals surface area contributed by atoms with Crippen LogP contribution in [0.3, 0.4) is 0 Å². The predicted molar refractivity (Wildman–Crippen MR) is 109 cm³/mol. The second-order valence-corrected chi connectivity index (χ2v) is 8.15. The van der Waals surface area contributed by atoms with Gasteiger partial charge >= 0.3 is 0 Å². The summed E-state index contributed by atoms with van der Waals surface area (Å²) in [7, 11) is -3.69. The fraction of sp³-hybridized carbons (Fsp3) is 0.300. The van der Waals surface area contributed by atoms with Crippen LogP contribution in [0.2, 0.25) is 0 Å². The average molecular weight is 417 g/mol. The van der Waals surface area contributed by atoms with Crippen molar-refractivity contribution in [3.63, 3.8) is 0 Å². The van der Waals surface area contributed by atoms with Gasteiger partial charge in [-0.1, -0.05) is 6.07 Å². The summed E-state index contributed by atoms with van der Waals surface area (Å²) in [5.74, 6) is -0.00715. The van der Waals surface area contributed by atoms with Crippen LogP contribution in [0.4, 0.5) is 5.69 Å². The van der Waals surface area contributed by atoms with Gasteiger partial charge < -0.3 is 14.8 Å². The molecule has 0 saturated carbocycles. The maximum absolute atomic E-state index is 12.9. The van der Waals surface area contributed by atoms with Crippen molar-refractivity contribution in [2.45, 2.75) is 11.8 Å². The molecular weight excluding hydrogens is 394 g/mol. The fourth-order valence-corrected chi connectivity index (χ4v) is 4.24. The van der Waals surface area contributed by atoms with Crippen LogP contribution in [0.15, 0.2) is 53.7 Å².